The number of hydrogen-bond acceptors (Lipinski definition) is 5. The van der Waals surface area contributed by atoms with Crippen LogP contribution in [0.1, 0.15) is 29.3 Å². The summed E-state index contributed by atoms with van der Waals surface area (Å²) in [5, 5.41) is 4.57. The predicted molar refractivity (Wildman–Crippen MR) is 112 cm³/mol. The zero-order valence-electron chi connectivity index (χ0n) is 15.0. The van der Waals surface area contributed by atoms with Gasteiger partial charge < -0.3 is 11.1 Å². The first-order valence-corrected chi connectivity index (χ1v) is 9.77. The minimum absolute atomic E-state index is 0.160. The van der Waals surface area contributed by atoms with Gasteiger partial charge in [-0.25, -0.2) is 0 Å². The highest BCUT2D eigenvalue weighted by molar-refractivity contribution is 8.13. The van der Waals surface area contributed by atoms with Gasteiger partial charge in [-0.3, -0.25) is 14.8 Å². The van der Waals surface area contributed by atoms with E-state index in [9.17, 15) is 4.79 Å². The number of thioether (sulfide) groups is 1. The van der Waals surface area contributed by atoms with Gasteiger partial charge in [0.2, 0.25) is 0 Å². The van der Waals surface area contributed by atoms with E-state index in [1.807, 2.05) is 54.6 Å². The second-order valence-corrected chi connectivity index (χ2v) is 7.85. The Hall–Kier alpha value is -2.86. The lowest BCUT2D eigenvalue weighted by atomic mass is 9.89. The van der Waals surface area contributed by atoms with Crippen molar-refractivity contribution in [3.05, 3.63) is 71.9 Å². The highest BCUT2D eigenvalue weighted by Gasteiger charge is 2.29. The van der Waals surface area contributed by atoms with Crippen LogP contribution in [0.15, 0.2) is 65.8 Å². The molecule has 0 aliphatic carbocycles. The maximum atomic E-state index is 12.7. The predicted octanol–water partition coefficient (Wildman–Crippen LogP) is 4.15. The molecule has 136 valence electrons. The highest BCUT2D eigenvalue weighted by Crippen LogP contribution is 2.35. The van der Waals surface area contributed by atoms with E-state index < -0.39 is 0 Å². The van der Waals surface area contributed by atoms with Crippen molar-refractivity contribution in [3.63, 3.8) is 0 Å². The number of para-hydroxylation sites is 1. The monoisotopic (exact) mass is 376 g/mol. The summed E-state index contributed by atoms with van der Waals surface area (Å²) < 4.78 is 0. The second kappa shape index (κ2) is 7.04. The van der Waals surface area contributed by atoms with Crippen molar-refractivity contribution in [2.24, 2.45) is 10.7 Å². The number of anilines is 1. The SMILES string of the molecule is CC1(c2ccc(C(=O)Nc3cccc4cccnc34)cc2)CCSC(N)=N1. The number of amidine groups is 1. The van der Waals surface area contributed by atoms with Crippen LogP contribution in [0.25, 0.3) is 10.9 Å². The molecular formula is C21H20N4OS. The molecule has 2 heterocycles. The smallest absolute Gasteiger partial charge is 0.255 e. The van der Waals surface area contributed by atoms with Crippen molar-refractivity contribution >= 4 is 39.4 Å². The van der Waals surface area contributed by atoms with Gasteiger partial charge in [0, 0.05) is 22.9 Å². The number of hydrogen-bond donors (Lipinski definition) is 2. The Balaban J connectivity index is 1.57. The van der Waals surface area contributed by atoms with E-state index in [-0.39, 0.29) is 11.4 Å². The summed E-state index contributed by atoms with van der Waals surface area (Å²) >= 11 is 1.58. The zero-order chi connectivity index (χ0) is 18.9. The van der Waals surface area contributed by atoms with Crippen LogP contribution in [0.2, 0.25) is 0 Å². The Morgan fingerprint density at radius 2 is 1.93 bits per heavy atom. The molecule has 1 aliphatic rings. The van der Waals surface area contributed by atoms with E-state index in [0.717, 1.165) is 28.6 Å². The third-order valence-electron chi connectivity index (χ3n) is 4.85. The van der Waals surface area contributed by atoms with Crippen molar-refractivity contribution in [1.82, 2.24) is 4.98 Å². The summed E-state index contributed by atoms with van der Waals surface area (Å²) in [7, 11) is 0. The zero-order valence-corrected chi connectivity index (χ0v) is 15.8. The molecule has 0 spiro atoms. The molecule has 3 N–H and O–H groups in total. The lowest BCUT2D eigenvalue weighted by Crippen LogP contribution is -2.28. The number of aromatic nitrogens is 1. The Labute approximate surface area is 162 Å². The highest BCUT2D eigenvalue weighted by atomic mass is 32.2. The molecule has 6 heteroatoms. The number of rotatable bonds is 3. The van der Waals surface area contributed by atoms with Crippen LogP contribution in [-0.2, 0) is 5.54 Å². The molecule has 1 unspecified atom stereocenters. The summed E-state index contributed by atoms with van der Waals surface area (Å²) in [5.74, 6) is 0.786. The van der Waals surface area contributed by atoms with E-state index in [1.165, 1.54) is 0 Å². The molecule has 3 aromatic rings. The maximum absolute atomic E-state index is 12.7. The Kier molecular flexibility index (Phi) is 4.58. The van der Waals surface area contributed by atoms with Crippen molar-refractivity contribution in [2.75, 3.05) is 11.1 Å². The molecule has 5 nitrogen and oxygen atoms in total. The number of nitrogens with two attached hydrogens (primary N) is 1. The fourth-order valence-electron chi connectivity index (χ4n) is 3.27. The number of aliphatic imine (C=N–C) groups is 1. The molecule has 27 heavy (non-hydrogen) atoms. The Morgan fingerprint density at radius 1 is 1.15 bits per heavy atom. The van der Waals surface area contributed by atoms with Gasteiger partial charge in [0.15, 0.2) is 5.17 Å². The van der Waals surface area contributed by atoms with Crippen molar-refractivity contribution in [2.45, 2.75) is 18.9 Å². The molecule has 0 saturated carbocycles. The molecule has 2 aromatic carbocycles. The quantitative estimate of drug-likeness (QED) is 0.719. The van der Waals surface area contributed by atoms with E-state index in [1.54, 1.807) is 18.0 Å². The van der Waals surface area contributed by atoms with Crippen LogP contribution < -0.4 is 11.1 Å². The number of carbonyl (C=O) groups is 1. The van der Waals surface area contributed by atoms with Gasteiger partial charge in [0.05, 0.1) is 16.7 Å². The number of amides is 1. The topological polar surface area (TPSA) is 80.4 Å². The normalized spacial score (nSPS) is 19.5. The van der Waals surface area contributed by atoms with Crippen LogP contribution in [0.3, 0.4) is 0 Å². The number of fused-ring (bicyclic) bond motifs is 1. The van der Waals surface area contributed by atoms with Crippen LogP contribution in [0.5, 0.6) is 0 Å². The average Bonchev–Trinajstić information content (AvgIpc) is 2.68. The van der Waals surface area contributed by atoms with Crippen molar-refractivity contribution in [1.29, 1.82) is 0 Å². The lowest BCUT2D eigenvalue weighted by molar-refractivity contribution is 0.102. The van der Waals surface area contributed by atoms with Crippen molar-refractivity contribution < 1.29 is 4.79 Å². The molecular weight excluding hydrogens is 356 g/mol. The Bertz CT molecular complexity index is 1030. The molecule has 0 bridgehead atoms. The molecule has 4 rings (SSSR count). The largest absolute Gasteiger partial charge is 0.379 e. The number of nitrogens with zero attached hydrogens (tertiary/aromatic N) is 2. The molecule has 1 aromatic heterocycles. The summed E-state index contributed by atoms with van der Waals surface area (Å²) in [5.41, 5.74) is 8.71. The standard InChI is InChI=1S/C21H20N4OS/c1-21(11-13-27-20(22)25-21)16-9-7-15(8-10-16)19(26)24-17-6-2-4-14-5-3-12-23-18(14)17/h2-10,12H,11,13H2,1H3,(H2,22,25)(H,24,26). The van der Waals surface area contributed by atoms with E-state index in [2.05, 4.69) is 22.2 Å². The van der Waals surface area contributed by atoms with E-state index >= 15 is 0 Å². The second-order valence-electron chi connectivity index (χ2n) is 6.73. The van der Waals surface area contributed by atoms with Gasteiger partial charge in [0.25, 0.3) is 5.91 Å². The fourth-order valence-corrected chi connectivity index (χ4v) is 4.25. The Morgan fingerprint density at radius 3 is 2.70 bits per heavy atom. The summed E-state index contributed by atoms with van der Waals surface area (Å²) in [4.78, 5) is 21.7. The average molecular weight is 376 g/mol. The van der Waals surface area contributed by atoms with Gasteiger partial charge in [-0.15, -0.1) is 0 Å². The van der Waals surface area contributed by atoms with Crippen LogP contribution >= 0.6 is 11.8 Å². The summed E-state index contributed by atoms with van der Waals surface area (Å²) in [6.45, 7) is 2.08. The molecule has 1 amide bonds. The third kappa shape index (κ3) is 3.53. The number of nitrogens with one attached hydrogen (secondary N) is 1. The first-order valence-electron chi connectivity index (χ1n) is 8.79. The van der Waals surface area contributed by atoms with E-state index in [4.69, 9.17) is 5.73 Å². The molecule has 1 aliphatic heterocycles. The maximum Gasteiger partial charge on any atom is 0.255 e. The van der Waals surface area contributed by atoms with Crippen molar-refractivity contribution in [3.8, 4) is 0 Å². The van der Waals surface area contributed by atoms with E-state index in [0.29, 0.717) is 16.4 Å². The summed E-state index contributed by atoms with van der Waals surface area (Å²) in [6.07, 6.45) is 2.65. The number of carbonyl (C=O) groups excluding carboxylic acids is 1. The summed E-state index contributed by atoms with van der Waals surface area (Å²) in [6, 6.07) is 17.2. The lowest BCUT2D eigenvalue weighted by Gasteiger charge is -2.29. The number of benzene rings is 2. The first-order chi connectivity index (χ1) is 13.0. The van der Waals surface area contributed by atoms with Gasteiger partial charge in [-0.05, 0) is 43.2 Å². The fraction of sp³-hybridized carbons (Fsp3) is 0.190. The minimum Gasteiger partial charge on any atom is -0.379 e. The molecule has 0 saturated heterocycles. The molecule has 0 fully saturated rings. The van der Waals surface area contributed by atoms with Crippen LogP contribution in [0.4, 0.5) is 5.69 Å². The van der Waals surface area contributed by atoms with Crippen LogP contribution in [-0.4, -0.2) is 21.8 Å². The van der Waals surface area contributed by atoms with Crippen LogP contribution in [0, 0.1) is 0 Å². The third-order valence-corrected chi connectivity index (χ3v) is 5.64. The van der Waals surface area contributed by atoms with Gasteiger partial charge in [-0.1, -0.05) is 42.1 Å². The molecule has 0 radical (unpaired) electrons. The van der Waals surface area contributed by atoms with Gasteiger partial charge in [-0.2, -0.15) is 0 Å². The van der Waals surface area contributed by atoms with Gasteiger partial charge >= 0.3 is 0 Å². The molecule has 1 atom stereocenters. The first kappa shape index (κ1) is 17.5. The number of pyridine rings is 1. The van der Waals surface area contributed by atoms with Gasteiger partial charge in [0.1, 0.15) is 0 Å². The minimum atomic E-state index is -0.329.